The molecule has 0 radical (unpaired) electrons. The average Bonchev–Trinajstić information content (AvgIpc) is 2.38. The van der Waals surface area contributed by atoms with Crippen molar-refractivity contribution in [3.8, 4) is 0 Å². The number of rotatable bonds is 3. The molecular formula is C14H14ClNO2. The van der Waals surface area contributed by atoms with Crippen LogP contribution < -0.4 is 0 Å². The van der Waals surface area contributed by atoms with E-state index in [1.54, 1.807) is 18.4 Å². The Morgan fingerprint density at radius 1 is 1.28 bits per heavy atom. The first-order chi connectivity index (χ1) is 8.25. The largest absolute Gasteiger partial charge is 0.478 e. The van der Waals surface area contributed by atoms with Crippen LogP contribution in [-0.2, 0) is 4.79 Å². The molecule has 0 aromatic heterocycles. The predicted octanol–water partition coefficient (Wildman–Crippen LogP) is 2.92. The van der Waals surface area contributed by atoms with Crippen molar-refractivity contribution in [3.63, 3.8) is 0 Å². The van der Waals surface area contributed by atoms with Crippen LogP contribution in [0, 0.1) is 0 Å². The van der Waals surface area contributed by atoms with Crippen LogP contribution in [-0.4, -0.2) is 22.5 Å². The van der Waals surface area contributed by atoms with Crippen LogP contribution in [0.2, 0.25) is 0 Å². The molecule has 94 valence electrons. The van der Waals surface area contributed by atoms with E-state index in [0.717, 1.165) is 5.56 Å². The van der Waals surface area contributed by atoms with Gasteiger partial charge in [0, 0.05) is 18.9 Å². The van der Waals surface area contributed by atoms with Crippen molar-refractivity contribution in [1.29, 1.82) is 0 Å². The van der Waals surface area contributed by atoms with E-state index in [1.807, 2.05) is 47.5 Å². The first-order valence-corrected chi connectivity index (χ1v) is 5.36. The van der Waals surface area contributed by atoms with Crippen molar-refractivity contribution < 1.29 is 9.90 Å². The summed E-state index contributed by atoms with van der Waals surface area (Å²) in [5, 5.41) is 8.78. The summed E-state index contributed by atoms with van der Waals surface area (Å²) in [6.07, 6.45) is 8.98. The predicted molar refractivity (Wildman–Crippen MR) is 74.3 cm³/mol. The van der Waals surface area contributed by atoms with Crippen molar-refractivity contribution in [2.75, 3.05) is 6.54 Å². The van der Waals surface area contributed by atoms with Gasteiger partial charge < -0.3 is 10.0 Å². The molecule has 2 rings (SSSR count). The number of carboxylic acids is 1. The quantitative estimate of drug-likeness (QED) is 0.912. The highest BCUT2D eigenvalue weighted by Gasteiger charge is 2.07. The van der Waals surface area contributed by atoms with Crippen LogP contribution in [0.3, 0.4) is 0 Å². The second-order valence-electron chi connectivity index (χ2n) is 3.70. The fraction of sp³-hybridized carbons (Fsp3) is 0.0714. The minimum absolute atomic E-state index is 0. The number of hydrogen-bond acceptors (Lipinski definition) is 2. The molecule has 1 aliphatic heterocycles. The molecule has 0 amide bonds. The Labute approximate surface area is 112 Å². The number of halogens is 1. The average molecular weight is 264 g/mol. The fourth-order valence-corrected chi connectivity index (χ4v) is 1.52. The number of hydrogen-bond donors (Lipinski definition) is 1. The Bertz CT molecular complexity index is 492. The van der Waals surface area contributed by atoms with Gasteiger partial charge in [-0.15, -0.1) is 12.4 Å². The Balaban J connectivity index is 0.00000162. The molecule has 0 spiro atoms. The first-order valence-electron chi connectivity index (χ1n) is 5.36. The molecule has 0 saturated carbocycles. The number of carbonyl (C=O) groups is 1. The minimum Gasteiger partial charge on any atom is -0.478 e. The van der Waals surface area contributed by atoms with E-state index in [2.05, 4.69) is 0 Å². The van der Waals surface area contributed by atoms with E-state index < -0.39 is 5.97 Å². The Morgan fingerprint density at radius 2 is 2.00 bits per heavy atom. The lowest BCUT2D eigenvalue weighted by atomic mass is 10.2. The van der Waals surface area contributed by atoms with E-state index in [4.69, 9.17) is 5.11 Å². The summed E-state index contributed by atoms with van der Waals surface area (Å²) >= 11 is 0. The van der Waals surface area contributed by atoms with Gasteiger partial charge in [-0.25, -0.2) is 4.79 Å². The highest BCUT2D eigenvalue weighted by molar-refractivity contribution is 5.90. The molecule has 0 saturated heterocycles. The molecule has 0 fully saturated rings. The topological polar surface area (TPSA) is 40.5 Å². The van der Waals surface area contributed by atoms with Crippen molar-refractivity contribution in [3.05, 3.63) is 66.0 Å². The highest BCUT2D eigenvalue weighted by Crippen LogP contribution is 2.09. The standard InChI is InChI=1S/C14H13NO2.ClH/c16-14(17)13-7-10-15(11-8-13)9-6-12-4-2-1-3-5-12;/h1-10H,11H2,(H,16,17);1H. The fourth-order valence-electron chi connectivity index (χ4n) is 1.52. The molecule has 0 aliphatic carbocycles. The van der Waals surface area contributed by atoms with Gasteiger partial charge in [0.15, 0.2) is 0 Å². The lowest BCUT2D eigenvalue weighted by Crippen LogP contribution is -2.15. The second-order valence-corrected chi connectivity index (χ2v) is 3.70. The van der Waals surface area contributed by atoms with Gasteiger partial charge in [-0.3, -0.25) is 0 Å². The SMILES string of the molecule is Cl.O=C(O)C1=CCN(C=Cc2ccccc2)C=C1. The summed E-state index contributed by atoms with van der Waals surface area (Å²) in [7, 11) is 0. The number of carboxylic acid groups (broad SMARTS) is 1. The van der Waals surface area contributed by atoms with E-state index >= 15 is 0 Å². The molecule has 4 heteroatoms. The lowest BCUT2D eigenvalue weighted by molar-refractivity contribution is -0.132. The summed E-state index contributed by atoms with van der Waals surface area (Å²) in [6, 6.07) is 9.97. The van der Waals surface area contributed by atoms with E-state index in [9.17, 15) is 4.79 Å². The third kappa shape index (κ3) is 3.79. The smallest absolute Gasteiger partial charge is 0.335 e. The maximum Gasteiger partial charge on any atom is 0.335 e. The molecular weight excluding hydrogens is 250 g/mol. The highest BCUT2D eigenvalue weighted by atomic mass is 35.5. The van der Waals surface area contributed by atoms with Gasteiger partial charge in [0.2, 0.25) is 0 Å². The number of benzene rings is 1. The van der Waals surface area contributed by atoms with E-state index in [1.165, 1.54) is 0 Å². The normalized spacial score (nSPS) is 14.2. The van der Waals surface area contributed by atoms with Gasteiger partial charge in [0.1, 0.15) is 0 Å². The molecule has 3 nitrogen and oxygen atoms in total. The van der Waals surface area contributed by atoms with Gasteiger partial charge in [0.25, 0.3) is 0 Å². The molecule has 0 bridgehead atoms. The Kier molecular flexibility index (Phi) is 5.21. The number of nitrogens with zero attached hydrogens (tertiary/aromatic N) is 1. The van der Waals surface area contributed by atoms with Crippen molar-refractivity contribution in [1.82, 2.24) is 4.90 Å². The van der Waals surface area contributed by atoms with Crippen LogP contribution in [0.5, 0.6) is 0 Å². The molecule has 1 aliphatic rings. The second kappa shape index (κ2) is 6.67. The van der Waals surface area contributed by atoms with Crippen molar-refractivity contribution in [2.24, 2.45) is 0 Å². The summed E-state index contributed by atoms with van der Waals surface area (Å²) in [6.45, 7) is 0.585. The summed E-state index contributed by atoms with van der Waals surface area (Å²) in [4.78, 5) is 12.6. The minimum atomic E-state index is -0.882. The molecule has 0 atom stereocenters. The monoisotopic (exact) mass is 263 g/mol. The van der Waals surface area contributed by atoms with Crippen LogP contribution in [0.15, 0.2) is 60.5 Å². The third-order valence-corrected chi connectivity index (χ3v) is 2.47. The van der Waals surface area contributed by atoms with Gasteiger partial charge in [-0.2, -0.15) is 0 Å². The summed E-state index contributed by atoms with van der Waals surface area (Å²) < 4.78 is 0. The Morgan fingerprint density at radius 3 is 2.56 bits per heavy atom. The molecule has 1 heterocycles. The molecule has 18 heavy (non-hydrogen) atoms. The molecule has 1 N–H and O–H groups in total. The van der Waals surface area contributed by atoms with Gasteiger partial charge >= 0.3 is 5.97 Å². The maximum atomic E-state index is 10.7. The maximum absolute atomic E-state index is 10.7. The van der Waals surface area contributed by atoms with E-state index in [-0.39, 0.29) is 12.4 Å². The summed E-state index contributed by atoms with van der Waals surface area (Å²) in [5.41, 5.74) is 1.46. The van der Waals surface area contributed by atoms with Gasteiger partial charge in [-0.1, -0.05) is 36.4 Å². The lowest BCUT2D eigenvalue weighted by Gasteiger charge is -2.16. The van der Waals surface area contributed by atoms with Crippen LogP contribution >= 0.6 is 12.4 Å². The van der Waals surface area contributed by atoms with Crippen molar-refractivity contribution >= 4 is 24.5 Å². The number of aliphatic carboxylic acids is 1. The van der Waals surface area contributed by atoms with Crippen LogP contribution in [0.4, 0.5) is 0 Å². The summed E-state index contributed by atoms with van der Waals surface area (Å²) in [5.74, 6) is -0.882. The molecule has 1 aromatic rings. The van der Waals surface area contributed by atoms with Gasteiger partial charge in [0.05, 0.1) is 5.57 Å². The van der Waals surface area contributed by atoms with E-state index in [0.29, 0.717) is 12.1 Å². The zero-order valence-corrected chi connectivity index (χ0v) is 10.5. The zero-order valence-electron chi connectivity index (χ0n) is 9.69. The Hall–Kier alpha value is -2.00. The van der Waals surface area contributed by atoms with Gasteiger partial charge in [-0.05, 0) is 17.7 Å². The zero-order chi connectivity index (χ0) is 12.1. The van der Waals surface area contributed by atoms with Crippen molar-refractivity contribution in [2.45, 2.75) is 0 Å². The first kappa shape index (κ1) is 14.1. The molecule has 0 unspecified atom stereocenters. The van der Waals surface area contributed by atoms with Crippen LogP contribution in [0.1, 0.15) is 5.56 Å². The third-order valence-electron chi connectivity index (χ3n) is 2.47. The van der Waals surface area contributed by atoms with Crippen LogP contribution in [0.25, 0.3) is 6.08 Å². The molecule has 1 aromatic carbocycles.